The molecule has 0 atom stereocenters. The highest BCUT2D eigenvalue weighted by atomic mass is 32.2. The Bertz CT molecular complexity index is 1440. The maximum Gasteiger partial charge on any atom is 0.431 e. The number of aliphatic hydroxyl groups is 1. The number of imidazole rings is 1. The number of rotatable bonds is 7. The summed E-state index contributed by atoms with van der Waals surface area (Å²) < 4.78 is 122. The molecule has 1 aliphatic carbocycles. The predicted octanol–water partition coefficient (Wildman–Crippen LogP) is 4.93. The summed E-state index contributed by atoms with van der Waals surface area (Å²) in [5.74, 6) is -0.0148. The van der Waals surface area contributed by atoms with Crippen molar-refractivity contribution in [1.82, 2.24) is 14.1 Å². The van der Waals surface area contributed by atoms with Gasteiger partial charge in [0, 0.05) is 24.9 Å². The van der Waals surface area contributed by atoms with Crippen molar-refractivity contribution >= 4 is 26.3 Å². The van der Waals surface area contributed by atoms with Crippen molar-refractivity contribution in [1.29, 1.82) is 0 Å². The summed E-state index contributed by atoms with van der Waals surface area (Å²) in [5.41, 5.74) is -4.06. The lowest BCUT2D eigenvalue weighted by molar-refractivity contribution is -0.382. The predicted molar refractivity (Wildman–Crippen MR) is 129 cm³/mol. The van der Waals surface area contributed by atoms with Gasteiger partial charge in [-0.15, -0.1) is 0 Å². The zero-order valence-electron chi connectivity index (χ0n) is 20.9. The summed E-state index contributed by atoms with van der Waals surface area (Å²) in [6.07, 6.45) is -9.82. The van der Waals surface area contributed by atoms with Gasteiger partial charge in [-0.1, -0.05) is 11.3 Å². The van der Waals surface area contributed by atoms with Crippen molar-refractivity contribution in [2.75, 3.05) is 14.2 Å². The molecule has 3 aromatic rings. The van der Waals surface area contributed by atoms with Crippen molar-refractivity contribution in [2.45, 2.75) is 67.6 Å². The van der Waals surface area contributed by atoms with Crippen LogP contribution in [0, 0.1) is 6.92 Å². The van der Waals surface area contributed by atoms with E-state index < -0.39 is 45.0 Å². The first kappa shape index (κ1) is 29.6. The minimum absolute atomic E-state index is 0.0148. The third-order valence-corrected chi connectivity index (χ3v) is 9.32. The van der Waals surface area contributed by atoms with Crippen molar-refractivity contribution in [3.05, 3.63) is 35.0 Å². The lowest BCUT2D eigenvalue weighted by Gasteiger charge is -2.34. The smallest absolute Gasteiger partial charge is 0.431 e. The first-order chi connectivity index (χ1) is 18.1. The largest absolute Gasteiger partial charge is 0.495 e. The summed E-state index contributed by atoms with van der Waals surface area (Å²) >= 11 is 0.164. The number of nitrogens with one attached hydrogen (secondary N) is 1. The van der Waals surface area contributed by atoms with Gasteiger partial charge >= 0.3 is 12.4 Å². The van der Waals surface area contributed by atoms with Gasteiger partial charge in [-0.25, -0.2) is 18.1 Å². The van der Waals surface area contributed by atoms with Crippen LogP contribution in [-0.4, -0.2) is 61.6 Å². The Kier molecular flexibility index (Phi) is 7.75. The summed E-state index contributed by atoms with van der Waals surface area (Å²) in [6.45, 7) is 1.50. The molecule has 4 rings (SSSR count). The number of hydrogen-bond donors (Lipinski definition) is 2. The Morgan fingerprint density at radius 3 is 2.23 bits per heavy atom. The summed E-state index contributed by atoms with van der Waals surface area (Å²) in [4.78, 5) is 2.50. The average molecular weight is 602 g/mol. The minimum Gasteiger partial charge on any atom is -0.495 e. The topological polar surface area (TPSA) is 102 Å². The first-order valence-electron chi connectivity index (χ1n) is 11.6. The number of ether oxygens (including phenoxy) is 2. The molecule has 1 aliphatic rings. The minimum atomic E-state index is -5.83. The van der Waals surface area contributed by atoms with E-state index in [4.69, 9.17) is 4.74 Å². The molecule has 0 saturated heterocycles. The Morgan fingerprint density at radius 1 is 1.08 bits per heavy atom. The van der Waals surface area contributed by atoms with Crippen molar-refractivity contribution in [3.63, 3.8) is 0 Å². The standard InChI is InChI=1S/C23H25F6N3O5S2/c1-12-19(32-11-18(38-20(32)30-12)21(37-3,22(24,25)26)23(27,28)29)13-4-9-16(36-2)17(10-13)39(34,35)31-14-5-7-15(33)8-6-14/h4,9-11,14-15,31,33H,5-8H2,1-3H3/t14-,15+. The molecule has 1 saturated carbocycles. The third kappa shape index (κ3) is 5.12. The molecule has 0 amide bonds. The molecule has 39 heavy (non-hydrogen) atoms. The van der Waals surface area contributed by atoms with Crippen LogP contribution in [-0.2, 0) is 20.4 Å². The normalized spacial score (nSPS) is 19.5. The molecule has 0 radical (unpaired) electrons. The van der Waals surface area contributed by atoms with Crippen LogP contribution in [0.3, 0.4) is 0 Å². The number of halogens is 6. The zero-order valence-corrected chi connectivity index (χ0v) is 22.5. The zero-order chi connectivity index (χ0) is 29.0. The van der Waals surface area contributed by atoms with Crippen LogP contribution in [0.2, 0.25) is 0 Å². The first-order valence-corrected chi connectivity index (χ1v) is 13.9. The van der Waals surface area contributed by atoms with E-state index in [9.17, 15) is 39.9 Å². The van der Waals surface area contributed by atoms with E-state index in [2.05, 4.69) is 14.4 Å². The number of methoxy groups -OCH3 is 2. The number of aryl methyl sites for hydroxylation is 1. The van der Waals surface area contributed by atoms with E-state index in [-0.39, 0.29) is 43.9 Å². The SMILES string of the molecule is COc1ccc(-c2c(C)nc3sc(C(OC)(C(F)(F)F)C(F)(F)F)cn23)cc1S(=O)(=O)N[C@H]1CC[C@@H](O)CC1. The van der Waals surface area contributed by atoms with E-state index in [0.29, 0.717) is 39.0 Å². The Hall–Kier alpha value is -2.40. The highest BCUT2D eigenvalue weighted by Crippen LogP contribution is 2.54. The van der Waals surface area contributed by atoms with Gasteiger partial charge in [0.25, 0.3) is 5.60 Å². The molecule has 1 aromatic carbocycles. The molecule has 16 heteroatoms. The Morgan fingerprint density at radius 2 is 1.69 bits per heavy atom. The van der Waals surface area contributed by atoms with Crippen molar-refractivity contribution in [2.24, 2.45) is 0 Å². The van der Waals surface area contributed by atoms with Gasteiger partial charge < -0.3 is 14.6 Å². The third-order valence-electron chi connectivity index (χ3n) is 6.70. The van der Waals surface area contributed by atoms with Gasteiger partial charge in [-0.2, -0.15) is 26.3 Å². The van der Waals surface area contributed by atoms with Crippen LogP contribution in [0.4, 0.5) is 26.3 Å². The number of hydrogen-bond acceptors (Lipinski definition) is 7. The average Bonchev–Trinajstić information content (AvgIpc) is 3.35. The van der Waals surface area contributed by atoms with E-state index in [0.717, 1.165) is 4.40 Å². The van der Waals surface area contributed by atoms with Gasteiger partial charge in [0.2, 0.25) is 10.0 Å². The van der Waals surface area contributed by atoms with Crippen LogP contribution < -0.4 is 9.46 Å². The lowest BCUT2D eigenvalue weighted by Crippen LogP contribution is -2.54. The molecule has 2 aromatic heterocycles. The van der Waals surface area contributed by atoms with E-state index in [1.54, 1.807) is 0 Å². The quantitative estimate of drug-likeness (QED) is 0.373. The molecular weight excluding hydrogens is 576 g/mol. The van der Waals surface area contributed by atoms with E-state index in [1.165, 1.54) is 32.2 Å². The van der Waals surface area contributed by atoms with Crippen LogP contribution in [0.25, 0.3) is 16.2 Å². The second-order valence-corrected chi connectivity index (χ2v) is 11.9. The van der Waals surface area contributed by atoms with Crippen LogP contribution in [0.5, 0.6) is 5.75 Å². The highest BCUT2D eigenvalue weighted by molar-refractivity contribution is 7.89. The molecule has 2 N–H and O–H groups in total. The number of aromatic nitrogens is 2. The van der Waals surface area contributed by atoms with Crippen LogP contribution in [0.1, 0.15) is 36.3 Å². The van der Waals surface area contributed by atoms with Gasteiger partial charge in [0.1, 0.15) is 10.6 Å². The fourth-order valence-electron chi connectivity index (χ4n) is 4.75. The van der Waals surface area contributed by atoms with Crippen LogP contribution in [0.15, 0.2) is 29.3 Å². The monoisotopic (exact) mass is 601 g/mol. The van der Waals surface area contributed by atoms with Gasteiger partial charge in [0.15, 0.2) is 4.96 Å². The van der Waals surface area contributed by atoms with Crippen molar-refractivity contribution in [3.8, 4) is 17.0 Å². The summed E-state index contributed by atoms with van der Waals surface area (Å²) in [5, 5.41) is 9.70. The van der Waals surface area contributed by atoms with Gasteiger partial charge in [0.05, 0.1) is 29.5 Å². The number of sulfonamides is 1. The number of fused-ring (bicyclic) bond motifs is 1. The van der Waals surface area contributed by atoms with Crippen molar-refractivity contribution < 1.29 is 49.3 Å². The Balaban J connectivity index is 1.83. The molecule has 0 bridgehead atoms. The van der Waals surface area contributed by atoms with E-state index >= 15 is 0 Å². The number of thiazole rings is 1. The maximum absolute atomic E-state index is 13.8. The number of aliphatic hydroxyl groups excluding tert-OH is 1. The van der Waals surface area contributed by atoms with E-state index in [1.807, 2.05) is 0 Å². The Labute approximate surface area is 223 Å². The molecule has 216 valence electrons. The number of benzene rings is 1. The molecule has 8 nitrogen and oxygen atoms in total. The molecule has 0 unspecified atom stereocenters. The van der Waals surface area contributed by atoms with Crippen LogP contribution >= 0.6 is 11.3 Å². The molecule has 0 aliphatic heterocycles. The molecule has 2 heterocycles. The fraction of sp³-hybridized carbons (Fsp3) is 0.522. The molecular formula is C23H25F6N3O5S2. The number of nitrogens with zero attached hydrogens (tertiary/aromatic N) is 2. The molecule has 1 fully saturated rings. The summed E-state index contributed by atoms with van der Waals surface area (Å²) in [6, 6.07) is 3.57. The fourth-order valence-corrected chi connectivity index (χ4v) is 7.49. The maximum atomic E-state index is 13.8. The second kappa shape index (κ2) is 10.2. The summed E-state index contributed by atoms with van der Waals surface area (Å²) in [7, 11) is -2.57. The number of alkyl halides is 6. The highest BCUT2D eigenvalue weighted by Gasteiger charge is 2.74. The second-order valence-electron chi connectivity index (χ2n) is 9.17. The van der Waals surface area contributed by atoms with Gasteiger partial charge in [-0.3, -0.25) is 4.40 Å². The lowest BCUT2D eigenvalue weighted by atomic mass is 9.94. The molecule has 0 spiro atoms. The van der Waals surface area contributed by atoms with Gasteiger partial charge in [-0.05, 0) is 50.8 Å².